The largest absolute Gasteiger partial charge is 0.276 e. The fourth-order valence-electron chi connectivity index (χ4n) is 3.27. The topological polar surface area (TPSA) is 65.1 Å². The van der Waals surface area contributed by atoms with Gasteiger partial charge in [-0.25, -0.2) is 4.98 Å². The number of hydrogen-bond acceptors (Lipinski definition) is 6. The van der Waals surface area contributed by atoms with Crippen molar-refractivity contribution in [1.29, 1.82) is 0 Å². The molecule has 158 valence electrons. The van der Waals surface area contributed by atoms with Gasteiger partial charge >= 0.3 is 0 Å². The molecule has 0 spiro atoms. The number of benzene rings is 1. The lowest BCUT2D eigenvalue weighted by Gasteiger charge is -2.13. The van der Waals surface area contributed by atoms with Crippen molar-refractivity contribution < 1.29 is 0 Å². The number of rotatable bonds is 6. The van der Waals surface area contributed by atoms with Gasteiger partial charge in [-0.05, 0) is 24.5 Å². The minimum absolute atomic E-state index is 0.00276. The molecule has 0 atom stereocenters. The highest BCUT2D eigenvalue weighted by Gasteiger charge is 2.20. The molecule has 0 amide bonds. The Labute approximate surface area is 184 Å². The second kappa shape index (κ2) is 8.15. The molecular formula is C22H27N5OS2. The van der Waals surface area contributed by atoms with Crippen LogP contribution in [0.4, 0.5) is 0 Å². The summed E-state index contributed by atoms with van der Waals surface area (Å²) in [6, 6.07) is 7.70. The van der Waals surface area contributed by atoms with Crippen LogP contribution in [0.15, 0.2) is 39.6 Å². The van der Waals surface area contributed by atoms with E-state index in [4.69, 9.17) is 4.98 Å². The summed E-state index contributed by atoms with van der Waals surface area (Å²) in [7, 11) is 0. The van der Waals surface area contributed by atoms with E-state index in [1.807, 2.05) is 28.7 Å². The first-order valence-corrected chi connectivity index (χ1v) is 12.1. The lowest BCUT2D eigenvalue weighted by molar-refractivity contribution is 0.512. The van der Waals surface area contributed by atoms with Crippen LogP contribution >= 0.6 is 23.1 Å². The highest BCUT2D eigenvalue weighted by atomic mass is 32.2. The predicted octanol–water partition coefficient (Wildman–Crippen LogP) is 5.14. The average molecular weight is 442 g/mol. The maximum atomic E-state index is 13.1. The molecular weight excluding hydrogens is 414 g/mol. The molecule has 0 aliphatic carbocycles. The Balaban J connectivity index is 1.74. The summed E-state index contributed by atoms with van der Waals surface area (Å²) in [5.74, 6) is 1.82. The van der Waals surface area contributed by atoms with E-state index in [9.17, 15) is 4.79 Å². The van der Waals surface area contributed by atoms with Gasteiger partial charge in [0.1, 0.15) is 0 Å². The van der Waals surface area contributed by atoms with Gasteiger partial charge in [-0.15, -0.1) is 21.5 Å². The van der Waals surface area contributed by atoms with Gasteiger partial charge in [0.2, 0.25) is 5.78 Å². The first-order chi connectivity index (χ1) is 14.3. The maximum absolute atomic E-state index is 13.1. The Morgan fingerprint density at radius 1 is 1.17 bits per heavy atom. The molecule has 0 saturated heterocycles. The summed E-state index contributed by atoms with van der Waals surface area (Å²) >= 11 is 3.31. The van der Waals surface area contributed by atoms with Crippen LogP contribution in [0, 0.1) is 5.92 Å². The van der Waals surface area contributed by atoms with Crippen molar-refractivity contribution in [3.05, 3.63) is 50.7 Å². The van der Waals surface area contributed by atoms with Crippen LogP contribution in [0.5, 0.6) is 0 Å². The van der Waals surface area contributed by atoms with Crippen molar-refractivity contribution in [3.8, 4) is 0 Å². The van der Waals surface area contributed by atoms with Gasteiger partial charge in [-0.2, -0.15) is 0 Å². The molecule has 0 aliphatic rings. The van der Waals surface area contributed by atoms with Gasteiger partial charge in [0.25, 0.3) is 5.56 Å². The van der Waals surface area contributed by atoms with Crippen molar-refractivity contribution in [2.45, 2.75) is 63.9 Å². The SMILES string of the molecule is CC(C)CCn1c(=O)c2ccccc2n2c(SCc3csc(C(C)(C)C)n3)nnc12. The third kappa shape index (κ3) is 4.03. The zero-order valence-electron chi connectivity index (χ0n) is 18.0. The van der Waals surface area contributed by atoms with Crippen molar-refractivity contribution >= 4 is 39.8 Å². The van der Waals surface area contributed by atoms with Crippen molar-refractivity contribution in [1.82, 2.24) is 24.1 Å². The summed E-state index contributed by atoms with van der Waals surface area (Å²) in [6.07, 6.45) is 0.914. The first-order valence-electron chi connectivity index (χ1n) is 10.2. The highest BCUT2D eigenvalue weighted by Crippen LogP contribution is 2.29. The first kappa shape index (κ1) is 21.1. The van der Waals surface area contributed by atoms with Crippen LogP contribution in [-0.4, -0.2) is 24.1 Å². The molecule has 0 N–H and O–H groups in total. The lowest BCUT2D eigenvalue weighted by atomic mass is 9.98. The van der Waals surface area contributed by atoms with E-state index in [2.05, 4.69) is 50.2 Å². The van der Waals surface area contributed by atoms with Crippen LogP contribution in [0.3, 0.4) is 0 Å². The van der Waals surface area contributed by atoms with Crippen LogP contribution in [0.25, 0.3) is 16.7 Å². The second-order valence-corrected chi connectivity index (χ2v) is 10.8. The summed E-state index contributed by atoms with van der Waals surface area (Å²) < 4.78 is 3.78. The highest BCUT2D eigenvalue weighted by molar-refractivity contribution is 7.98. The molecule has 0 aliphatic heterocycles. The Hall–Kier alpha value is -2.19. The van der Waals surface area contributed by atoms with Crippen molar-refractivity contribution in [3.63, 3.8) is 0 Å². The summed E-state index contributed by atoms with van der Waals surface area (Å²) in [5, 5.41) is 13.6. The number of aromatic nitrogens is 5. The fraction of sp³-hybridized carbons (Fsp3) is 0.455. The van der Waals surface area contributed by atoms with E-state index in [0.717, 1.165) is 27.8 Å². The third-order valence-corrected chi connectivity index (χ3v) is 7.23. The van der Waals surface area contributed by atoms with E-state index < -0.39 is 0 Å². The van der Waals surface area contributed by atoms with Crippen LogP contribution < -0.4 is 5.56 Å². The van der Waals surface area contributed by atoms with Gasteiger partial charge in [-0.1, -0.05) is 58.5 Å². The number of aryl methyl sites for hydroxylation is 1. The molecule has 6 nitrogen and oxygen atoms in total. The molecule has 0 bridgehead atoms. The fourth-order valence-corrected chi connectivity index (χ4v) is 5.12. The molecule has 8 heteroatoms. The molecule has 3 heterocycles. The Morgan fingerprint density at radius 2 is 1.93 bits per heavy atom. The molecule has 30 heavy (non-hydrogen) atoms. The molecule has 0 unspecified atom stereocenters. The Morgan fingerprint density at radius 3 is 2.63 bits per heavy atom. The Kier molecular flexibility index (Phi) is 5.72. The van der Waals surface area contributed by atoms with Gasteiger partial charge in [0.15, 0.2) is 5.16 Å². The molecule has 0 fully saturated rings. The number of hydrogen-bond donors (Lipinski definition) is 0. The van der Waals surface area contributed by atoms with Gasteiger partial charge in [-0.3, -0.25) is 13.8 Å². The lowest BCUT2D eigenvalue weighted by Crippen LogP contribution is -2.24. The summed E-state index contributed by atoms with van der Waals surface area (Å²) in [4.78, 5) is 17.9. The van der Waals surface area contributed by atoms with E-state index in [0.29, 0.717) is 29.4 Å². The summed E-state index contributed by atoms with van der Waals surface area (Å²) in [5.41, 5.74) is 1.94. The smallest absolute Gasteiger partial charge is 0.262 e. The van der Waals surface area contributed by atoms with Crippen LogP contribution in [0.2, 0.25) is 0 Å². The minimum atomic E-state index is -0.00276. The van der Waals surface area contributed by atoms with E-state index in [1.165, 1.54) is 0 Å². The third-order valence-electron chi connectivity index (χ3n) is 4.95. The van der Waals surface area contributed by atoms with Gasteiger partial charge < -0.3 is 0 Å². The normalized spacial score (nSPS) is 12.5. The molecule has 0 saturated carbocycles. The molecule has 3 aromatic heterocycles. The van der Waals surface area contributed by atoms with E-state index >= 15 is 0 Å². The zero-order chi connectivity index (χ0) is 21.5. The minimum Gasteiger partial charge on any atom is -0.276 e. The average Bonchev–Trinajstić information content (AvgIpc) is 3.33. The zero-order valence-corrected chi connectivity index (χ0v) is 19.7. The predicted molar refractivity (Wildman–Crippen MR) is 125 cm³/mol. The standard InChI is InChI=1S/C22H27N5OS2/c1-14(2)10-11-26-18(28)16-8-6-7-9-17(16)27-20(26)24-25-21(27)30-13-15-12-29-19(23-15)22(3,4)5/h6-9,12,14H,10-11,13H2,1-5H3. The number of fused-ring (bicyclic) bond motifs is 3. The van der Waals surface area contributed by atoms with Crippen LogP contribution in [0.1, 0.15) is 51.7 Å². The maximum Gasteiger partial charge on any atom is 0.262 e. The Bertz CT molecular complexity index is 1250. The molecule has 1 aromatic carbocycles. The molecule has 4 rings (SSSR count). The number of thiazole rings is 1. The molecule has 0 radical (unpaired) electrons. The van der Waals surface area contributed by atoms with Crippen LogP contribution in [-0.2, 0) is 17.7 Å². The second-order valence-electron chi connectivity index (χ2n) is 8.96. The van der Waals surface area contributed by atoms with E-state index in [1.54, 1.807) is 27.7 Å². The number of thioether (sulfide) groups is 1. The van der Waals surface area contributed by atoms with Gasteiger partial charge in [0, 0.05) is 23.1 Å². The van der Waals surface area contributed by atoms with E-state index in [-0.39, 0.29) is 11.0 Å². The van der Waals surface area contributed by atoms with Crippen molar-refractivity contribution in [2.75, 3.05) is 0 Å². The quantitative estimate of drug-likeness (QED) is 0.388. The summed E-state index contributed by atoms with van der Waals surface area (Å²) in [6.45, 7) is 11.5. The monoisotopic (exact) mass is 441 g/mol. The van der Waals surface area contributed by atoms with Gasteiger partial charge in [0.05, 0.1) is 21.6 Å². The number of nitrogens with zero attached hydrogens (tertiary/aromatic N) is 5. The molecule has 4 aromatic rings. The number of para-hydroxylation sites is 1. The van der Waals surface area contributed by atoms with Crippen molar-refractivity contribution in [2.24, 2.45) is 5.92 Å².